The van der Waals surface area contributed by atoms with Gasteiger partial charge in [0.1, 0.15) is 6.04 Å². The summed E-state index contributed by atoms with van der Waals surface area (Å²) in [4.78, 5) is 51.1. The number of hydrogen-bond acceptors (Lipinski definition) is 6. The van der Waals surface area contributed by atoms with Gasteiger partial charge in [-0.3, -0.25) is 9.59 Å². The van der Waals surface area contributed by atoms with Gasteiger partial charge in [-0.05, 0) is 43.5 Å². The van der Waals surface area contributed by atoms with E-state index in [1.807, 2.05) is 36.4 Å². The van der Waals surface area contributed by atoms with Crippen molar-refractivity contribution >= 4 is 23.8 Å². The smallest absolute Gasteiger partial charge is 0.375 e. The Bertz CT molecular complexity index is 959. The number of amides is 2. The fourth-order valence-corrected chi connectivity index (χ4v) is 3.59. The zero-order valence-electron chi connectivity index (χ0n) is 18.7. The molecule has 2 atom stereocenters. The molecule has 2 aromatic rings. The molecule has 1 aliphatic heterocycles. The van der Waals surface area contributed by atoms with Crippen LogP contribution in [0.4, 0.5) is 4.79 Å². The van der Waals surface area contributed by atoms with Gasteiger partial charge in [-0.25, -0.2) is 9.59 Å². The number of Topliss-reactive ketones (excluding diaryl/α,β-unsaturated/α-hetero) is 1. The molecule has 0 saturated carbocycles. The van der Waals surface area contributed by atoms with Gasteiger partial charge in [-0.2, -0.15) is 0 Å². The lowest BCUT2D eigenvalue weighted by Crippen LogP contribution is -2.44. The number of hydrogen-bond donors (Lipinski definition) is 2. The van der Waals surface area contributed by atoms with Crippen molar-refractivity contribution in [1.82, 2.24) is 15.5 Å². The van der Waals surface area contributed by atoms with Gasteiger partial charge in [-0.15, -0.1) is 0 Å². The minimum Gasteiger partial charge on any atom is -0.375 e. The highest BCUT2D eigenvalue weighted by Crippen LogP contribution is 2.10. The van der Waals surface area contributed by atoms with Crippen LogP contribution in [0.2, 0.25) is 0 Å². The van der Waals surface area contributed by atoms with Gasteiger partial charge in [0.2, 0.25) is 0 Å². The van der Waals surface area contributed by atoms with Crippen LogP contribution in [-0.2, 0) is 20.7 Å². The predicted octanol–water partition coefficient (Wildman–Crippen LogP) is 2.33. The summed E-state index contributed by atoms with van der Waals surface area (Å²) in [6, 6.07) is 16.9. The van der Waals surface area contributed by atoms with Crippen molar-refractivity contribution in [2.45, 2.75) is 37.8 Å². The second kappa shape index (κ2) is 11.9. The first kappa shape index (κ1) is 24.1. The largest absolute Gasteiger partial charge is 0.417 e. The third-order valence-electron chi connectivity index (χ3n) is 5.55. The second-order valence-corrected chi connectivity index (χ2v) is 8.06. The van der Waals surface area contributed by atoms with E-state index in [1.165, 1.54) is 11.9 Å². The molecule has 1 heterocycles. The molecule has 0 radical (unpaired) electrons. The third-order valence-corrected chi connectivity index (χ3v) is 5.55. The Morgan fingerprint density at radius 3 is 2.36 bits per heavy atom. The van der Waals surface area contributed by atoms with Crippen LogP contribution >= 0.6 is 0 Å². The molecule has 3 rings (SSSR count). The van der Waals surface area contributed by atoms with Gasteiger partial charge in [0, 0.05) is 25.6 Å². The molecule has 1 fully saturated rings. The van der Waals surface area contributed by atoms with E-state index < -0.39 is 24.1 Å². The van der Waals surface area contributed by atoms with Gasteiger partial charge < -0.3 is 20.3 Å². The number of ether oxygens (including phenoxy) is 1. The van der Waals surface area contributed by atoms with E-state index in [4.69, 9.17) is 4.74 Å². The van der Waals surface area contributed by atoms with E-state index in [1.54, 1.807) is 24.3 Å². The maximum absolute atomic E-state index is 13.0. The van der Waals surface area contributed by atoms with Crippen LogP contribution in [0.5, 0.6) is 0 Å². The van der Waals surface area contributed by atoms with Gasteiger partial charge in [0.25, 0.3) is 5.91 Å². The van der Waals surface area contributed by atoms with E-state index in [-0.39, 0.29) is 24.7 Å². The number of ketones is 1. The van der Waals surface area contributed by atoms with Crippen LogP contribution in [-0.4, -0.2) is 60.9 Å². The summed E-state index contributed by atoms with van der Waals surface area (Å²) in [7, 11) is 1.47. The van der Waals surface area contributed by atoms with Gasteiger partial charge in [0.05, 0.1) is 6.04 Å². The van der Waals surface area contributed by atoms with Crippen molar-refractivity contribution < 1.29 is 23.9 Å². The number of nitrogens with zero attached hydrogens (tertiary/aromatic N) is 1. The summed E-state index contributed by atoms with van der Waals surface area (Å²) in [5.74, 6) is -1.16. The molecular formula is C25H29N3O5. The molecule has 1 aliphatic rings. The standard InChI is InChI=1S/C25H29N3O5/c1-28(25(32)33-24(31)20-13-8-15-26-20)16-14-22(29)21(17-18-9-4-2-5-10-18)27-23(30)19-11-6-3-7-12-19/h2-7,9-12,20-21,26H,8,13-17H2,1H3,(H,27,30)/t20-,21?/m0/s1. The molecule has 0 aromatic heterocycles. The number of carbonyl (C=O) groups excluding carboxylic acids is 4. The first-order valence-corrected chi connectivity index (χ1v) is 11.1. The summed E-state index contributed by atoms with van der Waals surface area (Å²) in [6.07, 6.45) is 1.04. The Balaban J connectivity index is 1.58. The molecule has 1 unspecified atom stereocenters. The fourth-order valence-electron chi connectivity index (χ4n) is 3.59. The number of rotatable bonds is 9. The molecule has 8 nitrogen and oxygen atoms in total. The molecular weight excluding hydrogens is 422 g/mol. The van der Waals surface area contributed by atoms with Crippen molar-refractivity contribution in [3.05, 3.63) is 71.8 Å². The topological polar surface area (TPSA) is 105 Å². The SMILES string of the molecule is CN(CCC(=O)C(Cc1ccccc1)NC(=O)c1ccccc1)C(=O)OC(=O)[C@@H]1CCCN1. The molecule has 33 heavy (non-hydrogen) atoms. The maximum Gasteiger partial charge on any atom is 0.417 e. The monoisotopic (exact) mass is 451 g/mol. The van der Waals surface area contributed by atoms with Crippen LogP contribution < -0.4 is 10.6 Å². The van der Waals surface area contributed by atoms with E-state index >= 15 is 0 Å². The molecule has 2 N–H and O–H groups in total. The Morgan fingerprint density at radius 2 is 1.73 bits per heavy atom. The quantitative estimate of drug-likeness (QED) is 0.448. The number of esters is 1. The number of carbonyl (C=O) groups is 4. The van der Waals surface area contributed by atoms with Gasteiger partial charge in [-0.1, -0.05) is 48.5 Å². The third kappa shape index (κ3) is 7.25. The summed E-state index contributed by atoms with van der Waals surface area (Å²) in [5, 5.41) is 5.80. The average Bonchev–Trinajstić information content (AvgIpc) is 3.38. The fraction of sp³-hybridized carbons (Fsp3) is 0.360. The minimum absolute atomic E-state index is 0.00798. The van der Waals surface area contributed by atoms with Crippen LogP contribution in [0.1, 0.15) is 35.2 Å². The highest BCUT2D eigenvalue weighted by Gasteiger charge is 2.27. The van der Waals surface area contributed by atoms with E-state index in [0.717, 1.165) is 18.5 Å². The average molecular weight is 452 g/mol. The highest BCUT2D eigenvalue weighted by atomic mass is 16.6. The van der Waals surface area contributed by atoms with Crippen molar-refractivity contribution in [2.75, 3.05) is 20.1 Å². The zero-order chi connectivity index (χ0) is 23.6. The van der Waals surface area contributed by atoms with E-state index in [0.29, 0.717) is 18.4 Å². The molecule has 0 aliphatic carbocycles. The van der Waals surface area contributed by atoms with E-state index in [9.17, 15) is 19.2 Å². The van der Waals surface area contributed by atoms with Crippen molar-refractivity contribution in [3.8, 4) is 0 Å². The summed E-state index contributed by atoms with van der Waals surface area (Å²) < 4.78 is 4.91. The molecule has 8 heteroatoms. The van der Waals surface area contributed by atoms with E-state index in [2.05, 4.69) is 10.6 Å². The summed E-state index contributed by atoms with van der Waals surface area (Å²) >= 11 is 0. The first-order chi connectivity index (χ1) is 15.9. The van der Waals surface area contributed by atoms with Gasteiger partial charge >= 0.3 is 12.1 Å². The molecule has 1 saturated heterocycles. The lowest BCUT2D eigenvalue weighted by atomic mass is 10.00. The zero-order valence-corrected chi connectivity index (χ0v) is 18.7. The Morgan fingerprint density at radius 1 is 1.06 bits per heavy atom. The highest BCUT2D eigenvalue weighted by molar-refractivity contribution is 5.98. The van der Waals surface area contributed by atoms with Gasteiger partial charge in [0.15, 0.2) is 5.78 Å². The molecule has 2 amide bonds. The first-order valence-electron chi connectivity index (χ1n) is 11.1. The lowest BCUT2D eigenvalue weighted by Gasteiger charge is -2.21. The van der Waals surface area contributed by atoms with Crippen molar-refractivity contribution in [3.63, 3.8) is 0 Å². The molecule has 0 bridgehead atoms. The molecule has 0 spiro atoms. The molecule has 2 aromatic carbocycles. The van der Waals surface area contributed by atoms with Crippen LogP contribution in [0, 0.1) is 0 Å². The van der Waals surface area contributed by atoms with Crippen LogP contribution in [0.15, 0.2) is 60.7 Å². The lowest BCUT2D eigenvalue weighted by molar-refractivity contribution is -0.140. The Hall–Kier alpha value is -3.52. The minimum atomic E-state index is -0.797. The number of benzene rings is 2. The van der Waals surface area contributed by atoms with Crippen molar-refractivity contribution in [2.24, 2.45) is 0 Å². The van der Waals surface area contributed by atoms with Crippen molar-refractivity contribution in [1.29, 1.82) is 0 Å². The Kier molecular flexibility index (Phi) is 8.71. The Labute approximate surface area is 193 Å². The number of nitrogens with one attached hydrogen (secondary N) is 2. The summed E-state index contributed by atoms with van der Waals surface area (Å²) in [6.45, 7) is 0.783. The molecule has 174 valence electrons. The normalized spacial score (nSPS) is 16.0. The summed E-state index contributed by atoms with van der Waals surface area (Å²) in [5.41, 5.74) is 1.37. The second-order valence-electron chi connectivity index (χ2n) is 8.06. The predicted molar refractivity (Wildman–Crippen MR) is 123 cm³/mol. The van der Waals surface area contributed by atoms with Crippen LogP contribution in [0.25, 0.3) is 0 Å². The van der Waals surface area contributed by atoms with Crippen LogP contribution in [0.3, 0.4) is 0 Å². The maximum atomic E-state index is 13.0.